The van der Waals surface area contributed by atoms with Gasteiger partial charge in [0.25, 0.3) is 0 Å². The molecule has 7 heteroatoms. The summed E-state index contributed by atoms with van der Waals surface area (Å²) in [6.07, 6.45) is 10.3. The number of ketones is 1. The van der Waals surface area contributed by atoms with Crippen molar-refractivity contribution in [3.8, 4) is 0 Å². The van der Waals surface area contributed by atoms with Gasteiger partial charge in [0, 0.05) is 11.3 Å². The fraction of sp³-hybridized carbons (Fsp3) is 0.718. The van der Waals surface area contributed by atoms with E-state index in [1.807, 2.05) is 6.92 Å². The minimum atomic E-state index is -0.894. The molecule has 8 atom stereocenters. The summed E-state index contributed by atoms with van der Waals surface area (Å²) in [7, 11) is 0. The quantitative estimate of drug-likeness (QED) is 0.238. The first-order chi connectivity index (χ1) is 21.4. The molecule has 0 unspecified atom stereocenters. The fourth-order valence-electron chi connectivity index (χ4n) is 11.5. The Labute approximate surface area is 273 Å². The molecule has 252 valence electrons. The highest BCUT2D eigenvalue weighted by Gasteiger charge is 2.70. The number of fused-ring (bicyclic) bond motifs is 7. The van der Waals surface area contributed by atoms with Gasteiger partial charge in [0.15, 0.2) is 17.4 Å². The predicted octanol–water partition coefficient (Wildman–Crippen LogP) is 9.38. The minimum Gasteiger partial charge on any atom is -0.466 e. The molecule has 0 aromatic heterocycles. The summed E-state index contributed by atoms with van der Waals surface area (Å²) < 4.78 is 32.7. The first-order valence-electron chi connectivity index (χ1n) is 17.5. The standard InChI is InChI=1S/C39H53F2NO4/c1-9-45-33(44)36(5)17-16-35(4)18-19-38(7)25(26(35)22-36)21-29(43)32-37(6)14-13-31(34(2,3)30(37)12-15-39(32,38)8)42-46-23-24-10-11-27(40)28(41)20-24/h10-11,20-21,26,30,32H,9,12-19,22-23H2,1-8H3/b42-31+/t26-,30-,32+,35+,36-,37-,38+,39+/m0/s1. The van der Waals surface area contributed by atoms with Crippen molar-refractivity contribution in [2.45, 2.75) is 120 Å². The lowest BCUT2D eigenvalue weighted by molar-refractivity contribution is -0.177. The van der Waals surface area contributed by atoms with Crippen molar-refractivity contribution in [3.63, 3.8) is 0 Å². The van der Waals surface area contributed by atoms with Crippen molar-refractivity contribution >= 4 is 17.5 Å². The molecule has 0 radical (unpaired) electrons. The minimum absolute atomic E-state index is 0.0686. The molecule has 0 heterocycles. The zero-order valence-electron chi connectivity index (χ0n) is 29.2. The van der Waals surface area contributed by atoms with E-state index in [4.69, 9.17) is 9.57 Å². The van der Waals surface area contributed by atoms with Crippen LogP contribution in [0.25, 0.3) is 0 Å². The molecule has 5 aliphatic rings. The van der Waals surface area contributed by atoms with Crippen LogP contribution in [0.5, 0.6) is 0 Å². The van der Waals surface area contributed by atoms with Crippen LogP contribution < -0.4 is 0 Å². The molecular formula is C39H53F2NO4. The number of hydrogen-bond acceptors (Lipinski definition) is 5. The van der Waals surface area contributed by atoms with Gasteiger partial charge in [0.05, 0.1) is 17.7 Å². The summed E-state index contributed by atoms with van der Waals surface area (Å²) in [4.78, 5) is 33.6. The number of halogens is 2. The molecule has 4 fully saturated rings. The van der Waals surface area contributed by atoms with Crippen LogP contribution in [0.2, 0.25) is 0 Å². The number of esters is 1. The first-order valence-corrected chi connectivity index (χ1v) is 17.5. The van der Waals surface area contributed by atoms with Crippen LogP contribution in [0.3, 0.4) is 0 Å². The third-order valence-corrected chi connectivity index (χ3v) is 14.5. The smallest absolute Gasteiger partial charge is 0.311 e. The van der Waals surface area contributed by atoms with E-state index in [9.17, 15) is 18.4 Å². The number of rotatable bonds is 5. The normalized spacial score (nSPS) is 42.2. The van der Waals surface area contributed by atoms with E-state index in [-0.39, 0.29) is 63.2 Å². The Morgan fingerprint density at radius 2 is 1.67 bits per heavy atom. The highest BCUT2D eigenvalue weighted by atomic mass is 19.2. The van der Waals surface area contributed by atoms with Crippen LogP contribution in [-0.2, 0) is 25.8 Å². The van der Waals surface area contributed by atoms with E-state index in [1.54, 1.807) is 0 Å². The van der Waals surface area contributed by atoms with Crippen molar-refractivity contribution < 1.29 is 27.9 Å². The van der Waals surface area contributed by atoms with Crippen molar-refractivity contribution in [2.75, 3.05) is 6.61 Å². The lowest BCUT2D eigenvalue weighted by atomic mass is 9.33. The Balaban J connectivity index is 1.30. The van der Waals surface area contributed by atoms with Gasteiger partial charge in [-0.2, -0.15) is 0 Å². The topological polar surface area (TPSA) is 65.0 Å². The SMILES string of the molecule is CCOC(=O)[C@@]1(C)CC[C@]2(C)CC[C@]3(C)C(=CC(=O)[C@@H]4[C@@]5(C)CC/C(=N\OCc6ccc(F)c(F)c6)C(C)(C)[C@@H]5CC[C@]43C)[C@@H]2C1. The third-order valence-electron chi connectivity index (χ3n) is 14.5. The van der Waals surface area contributed by atoms with Gasteiger partial charge in [-0.05, 0) is 129 Å². The number of allylic oxidation sites excluding steroid dienone is 2. The van der Waals surface area contributed by atoms with Crippen molar-refractivity contribution in [1.29, 1.82) is 0 Å². The predicted molar refractivity (Wildman–Crippen MR) is 175 cm³/mol. The number of carbonyl (C=O) groups excluding carboxylic acids is 2. The molecule has 0 bridgehead atoms. The number of oxime groups is 1. The van der Waals surface area contributed by atoms with E-state index in [2.05, 4.69) is 59.7 Å². The van der Waals surface area contributed by atoms with Gasteiger partial charge in [0.2, 0.25) is 0 Å². The van der Waals surface area contributed by atoms with Crippen LogP contribution in [-0.4, -0.2) is 24.1 Å². The van der Waals surface area contributed by atoms with Crippen LogP contribution in [0, 0.1) is 61.9 Å². The summed E-state index contributed by atoms with van der Waals surface area (Å²) in [5.74, 6) is -1.27. The molecule has 0 spiro atoms. The molecule has 46 heavy (non-hydrogen) atoms. The second-order valence-corrected chi connectivity index (χ2v) is 17.3. The van der Waals surface area contributed by atoms with Gasteiger partial charge in [-0.25, -0.2) is 8.78 Å². The number of carbonyl (C=O) groups is 2. The summed E-state index contributed by atoms with van der Waals surface area (Å²) in [5, 5.41) is 4.58. The maximum absolute atomic E-state index is 14.7. The maximum atomic E-state index is 14.7. The summed E-state index contributed by atoms with van der Waals surface area (Å²) in [6, 6.07) is 3.77. The van der Waals surface area contributed by atoms with E-state index in [0.29, 0.717) is 12.2 Å². The van der Waals surface area contributed by atoms with Gasteiger partial charge in [0.1, 0.15) is 6.61 Å². The van der Waals surface area contributed by atoms with Crippen molar-refractivity contribution in [1.82, 2.24) is 0 Å². The first kappa shape index (κ1) is 33.3. The van der Waals surface area contributed by atoms with Gasteiger partial charge in [-0.3, -0.25) is 9.59 Å². The van der Waals surface area contributed by atoms with E-state index >= 15 is 0 Å². The molecule has 0 amide bonds. The zero-order valence-corrected chi connectivity index (χ0v) is 29.2. The largest absolute Gasteiger partial charge is 0.466 e. The average Bonchev–Trinajstić information content (AvgIpc) is 2.98. The lowest BCUT2D eigenvalue weighted by Gasteiger charge is -2.70. The van der Waals surface area contributed by atoms with E-state index < -0.39 is 17.0 Å². The Hall–Kier alpha value is -2.57. The summed E-state index contributed by atoms with van der Waals surface area (Å²) in [5.41, 5.74) is 1.55. The molecule has 6 rings (SSSR count). The van der Waals surface area contributed by atoms with Crippen molar-refractivity contribution in [2.24, 2.45) is 55.4 Å². The number of ether oxygens (including phenoxy) is 1. The van der Waals surface area contributed by atoms with Crippen molar-refractivity contribution in [3.05, 3.63) is 47.0 Å². The number of hydrogen-bond donors (Lipinski definition) is 0. The Morgan fingerprint density at radius 1 is 0.957 bits per heavy atom. The second-order valence-electron chi connectivity index (χ2n) is 17.3. The van der Waals surface area contributed by atoms with Crippen LogP contribution in [0.15, 0.2) is 35.0 Å². The fourth-order valence-corrected chi connectivity index (χ4v) is 11.5. The Kier molecular flexibility index (Phi) is 7.96. The zero-order chi connectivity index (χ0) is 33.5. The van der Waals surface area contributed by atoms with Gasteiger partial charge in [-0.1, -0.05) is 58.3 Å². The molecule has 5 nitrogen and oxygen atoms in total. The molecule has 0 aliphatic heterocycles. The monoisotopic (exact) mass is 637 g/mol. The molecular weight excluding hydrogens is 584 g/mol. The third kappa shape index (κ3) is 4.75. The summed E-state index contributed by atoms with van der Waals surface area (Å²) in [6.45, 7) is 18.4. The average molecular weight is 638 g/mol. The van der Waals surface area contributed by atoms with E-state index in [1.165, 1.54) is 11.6 Å². The lowest BCUT2D eigenvalue weighted by Crippen LogP contribution is -2.66. The van der Waals surface area contributed by atoms with Crippen LogP contribution in [0.1, 0.15) is 119 Å². The second kappa shape index (κ2) is 11.0. The van der Waals surface area contributed by atoms with Crippen LogP contribution in [0.4, 0.5) is 8.78 Å². The van der Waals surface area contributed by atoms with E-state index in [0.717, 1.165) is 75.6 Å². The molecule has 1 aromatic carbocycles. The Morgan fingerprint density at radius 3 is 2.37 bits per heavy atom. The highest BCUT2D eigenvalue weighted by Crippen LogP contribution is 2.75. The molecule has 5 aliphatic carbocycles. The molecule has 1 aromatic rings. The van der Waals surface area contributed by atoms with Crippen LogP contribution >= 0.6 is 0 Å². The number of benzene rings is 1. The van der Waals surface area contributed by atoms with Gasteiger partial charge in [-0.15, -0.1) is 0 Å². The Bertz CT molecular complexity index is 1500. The highest BCUT2D eigenvalue weighted by molar-refractivity contribution is 5.97. The molecule has 0 saturated heterocycles. The van der Waals surface area contributed by atoms with Gasteiger partial charge < -0.3 is 9.57 Å². The maximum Gasteiger partial charge on any atom is 0.311 e. The summed E-state index contributed by atoms with van der Waals surface area (Å²) >= 11 is 0. The number of nitrogens with zero attached hydrogens (tertiary/aromatic N) is 1. The molecule has 4 saturated carbocycles. The molecule has 0 N–H and O–H groups in total. The van der Waals surface area contributed by atoms with Gasteiger partial charge >= 0.3 is 5.97 Å².